The van der Waals surface area contributed by atoms with Gasteiger partial charge in [-0.25, -0.2) is 13.4 Å². The molecule has 1 amide bonds. The number of rotatable bonds is 8. The maximum atomic E-state index is 14.1. The van der Waals surface area contributed by atoms with E-state index < -0.39 is 10.0 Å². The molecule has 0 spiro atoms. The second kappa shape index (κ2) is 11.1. The molecule has 7 heteroatoms. The van der Waals surface area contributed by atoms with Crippen LogP contribution in [0.15, 0.2) is 114 Å². The minimum absolute atomic E-state index is 0.0994. The number of carbonyl (C=O) groups is 1. The Labute approximate surface area is 228 Å². The number of hydrogen-bond donors (Lipinski definition) is 2. The standard InChI is InChI=1S/C32H29N3O3S/c1-3-27(23-12-6-4-7-13-23)34-32(36)29-26-16-10-11-17-28(26)33-30(24-14-8-5-9-15-24)31(29)35-39(37,38)25-20-18-22(2)19-21-25/h4-21,27,35H,3H2,1-2H3,(H,34,36)/t27-/m0/s1. The third kappa shape index (κ3) is 5.54. The normalized spacial score (nSPS) is 12.2. The van der Waals surface area contributed by atoms with E-state index in [0.717, 1.165) is 11.1 Å². The Morgan fingerprint density at radius 3 is 2.10 bits per heavy atom. The van der Waals surface area contributed by atoms with Crippen molar-refractivity contribution >= 4 is 32.5 Å². The number of aryl methyl sites for hydroxylation is 1. The summed E-state index contributed by atoms with van der Waals surface area (Å²) in [6, 6.07) is 32.6. The number of amides is 1. The minimum atomic E-state index is -4.04. The molecule has 0 fully saturated rings. The molecule has 0 radical (unpaired) electrons. The van der Waals surface area contributed by atoms with Crippen LogP contribution >= 0.6 is 0 Å². The molecule has 5 rings (SSSR count). The van der Waals surface area contributed by atoms with Crippen molar-refractivity contribution in [3.05, 3.63) is 126 Å². The average molecular weight is 536 g/mol. The number of carbonyl (C=O) groups excluding carboxylic acids is 1. The molecular weight excluding hydrogens is 506 g/mol. The fraction of sp³-hybridized carbons (Fsp3) is 0.125. The second-order valence-corrected chi connectivity index (χ2v) is 11.0. The van der Waals surface area contributed by atoms with Gasteiger partial charge in [0.05, 0.1) is 33.4 Å². The molecule has 2 N–H and O–H groups in total. The molecule has 1 aromatic heterocycles. The van der Waals surface area contributed by atoms with Crippen LogP contribution in [0.5, 0.6) is 0 Å². The number of anilines is 1. The predicted molar refractivity (Wildman–Crippen MR) is 156 cm³/mol. The summed E-state index contributed by atoms with van der Waals surface area (Å²) in [5.41, 5.74) is 3.93. The largest absolute Gasteiger partial charge is 0.345 e. The summed E-state index contributed by atoms with van der Waals surface area (Å²) in [6.07, 6.45) is 0.661. The lowest BCUT2D eigenvalue weighted by atomic mass is 9.99. The van der Waals surface area contributed by atoms with Crippen LogP contribution in [-0.4, -0.2) is 19.3 Å². The van der Waals surface area contributed by atoms with Crippen molar-refractivity contribution in [2.24, 2.45) is 0 Å². The summed E-state index contributed by atoms with van der Waals surface area (Å²) < 4.78 is 30.0. The van der Waals surface area contributed by atoms with Gasteiger partial charge >= 0.3 is 0 Å². The van der Waals surface area contributed by atoms with Gasteiger partial charge < -0.3 is 5.32 Å². The molecule has 39 heavy (non-hydrogen) atoms. The van der Waals surface area contributed by atoms with Gasteiger partial charge in [-0.15, -0.1) is 0 Å². The maximum Gasteiger partial charge on any atom is 0.261 e. The third-order valence-corrected chi connectivity index (χ3v) is 8.02. The topological polar surface area (TPSA) is 88.2 Å². The Morgan fingerprint density at radius 1 is 0.821 bits per heavy atom. The van der Waals surface area contributed by atoms with E-state index in [1.54, 1.807) is 30.3 Å². The number of pyridine rings is 1. The Kier molecular flexibility index (Phi) is 7.43. The van der Waals surface area contributed by atoms with Gasteiger partial charge in [0, 0.05) is 10.9 Å². The number of nitrogens with one attached hydrogen (secondary N) is 2. The van der Waals surface area contributed by atoms with Gasteiger partial charge in [-0.1, -0.05) is 103 Å². The van der Waals surface area contributed by atoms with Crippen LogP contribution in [-0.2, 0) is 10.0 Å². The zero-order chi connectivity index (χ0) is 27.4. The first-order chi connectivity index (χ1) is 18.9. The summed E-state index contributed by atoms with van der Waals surface area (Å²) >= 11 is 0. The highest BCUT2D eigenvalue weighted by atomic mass is 32.2. The van der Waals surface area contributed by atoms with E-state index in [1.165, 1.54) is 0 Å². The summed E-state index contributed by atoms with van der Waals surface area (Å²) in [5, 5.41) is 3.70. The maximum absolute atomic E-state index is 14.1. The number of hydrogen-bond acceptors (Lipinski definition) is 4. The van der Waals surface area contributed by atoms with Gasteiger partial charge in [0.15, 0.2) is 0 Å². The molecule has 1 atom stereocenters. The van der Waals surface area contributed by atoms with Crippen LogP contribution in [0.1, 0.15) is 40.9 Å². The van der Waals surface area contributed by atoms with Gasteiger partial charge in [-0.05, 0) is 37.1 Å². The molecule has 0 aliphatic heterocycles. The SMILES string of the molecule is CC[C@H](NC(=O)c1c(NS(=O)(=O)c2ccc(C)cc2)c(-c2ccccc2)nc2ccccc12)c1ccccc1. The van der Waals surface area contributed by atoms with Crippen LogP contribution in [0.3, 0.4) is 0 Å². The summed E-state index contributed by atoms with van der Waals surface area (Å²) in [4.78, 5) is 19.0. The Bertz CT molecular complexity index is 1720. The van der Waals surface area contributed by atoms with Crippen molar-refractivity contribution in [3.8, 4) is 11.3 Å². The molecule has 0 saturated heterocycles. The van der Waals surface area contributed by atoms with Crippen LogP contribution in [0.25, 0.3) is 22.2 Å². The number of nitrogens with zero attached hydrogens (tertiary/aromatic N) is 1. The lowest BCUT2D eigenvalue weighted by molar-refractivity contribution is 0.0938. The zero-order valence-electron chi connectivity index (χ0n) is 21.8. The van der Waals surface area contributed by atoms with E-state index in [2.05, 4.69) is 10.0 Å². The van der Waals surface area contributed by atoms with Gasteiger partial charge in [0.2, 0.25) is 0 Å². The van der Waals surface area contributed by atoms with Crippen molar-refractivity contribution < 1.29 is 13.2 Å². The molecule has 6 nitrogen and oxygen atoms in total. The second-order valence-electron chi connectivity index (χ2n) is 9.36. The number of aromatic nitrogens is 1. The monoisotopic (exact) mass is 535 g/mol. The minimum Gasteiger partial charge on any atom is -0.345 e. The van der Waals surface area contributed by atoms with E-state index in [-0.39, 0.29) is 28.1 Å². The lowest BCUT2D eigenvalue weighted by Gasteiger charge is -2.22. The molecular formula is C32H29N3O3S. The van der Waals surface area contributed by atoms with Gasteiger partial charge in [-0.2, -0.15) is 0 Å². The van der Waals surface area contributed by atoms with Crippen LogP contribution in [0, 0.1) is 6.92 Å². The van der Waals surface area contributed by atoms with E-state index in [0.29, 0.717) is 28.6 Å². The van der Waals surface area contributed by atoms with Crippen LogP contribution < -0.4 is 10.0 Å². The molecule has 4 aromatic carbocycles. The molecule has 0 aliphatic carbocycles. The van der Waals surface area contributed by atoms with Gasteiger partial charge in [-0.3, -0.25) is 9.52 Å². The Morgan fingerprint density at radius 2 is 1.44 bits per heavy atom. The first-order valence-corrected chi connectivity index (χ1v) is 14.3. The molecule has 196 valence electrons. The van der Waals surface area contributed by atoms with Crippen molar-refractivity contribution in [2.75, 3.05) is 4.72 Å². The fourth-order valence-corrected chi connectivity index (χ4v) is 5.68. The lowest BCUT2D eigenvalue weighted by Crippen LogP contribution is -2.30. The van der Waals surface area contributed by atoms with Gasteiger partial charge in [0.25, 0.3) is 15.9 Å². The van der Waals surface area contributed by atoms with E-state index in [1.807, 2.05) is 92.7 Å². The van der Waals surface area contributed by atoms with Crippen molar-refractivity contribution in [1.82, 2.24) is 10.3 Å². The van der Waals surface area contributed by atoms with E-state index in [4.69, 9.17) is 4.98 Å². The molecule has 0 bridgehead atoms. The van der Waals surface area contributed by atoms with Gasteiger partial charge in [0.1, 0.15) is 0 Å². The Hall–Kier alpha value is -4.49. The molecule has 0 aliphatic rings. The number of para-hydroxylation sites is 1. The smallest absolute Gasteiger partial charge is 0.261 e. The summed E-state index contributed by atoms with van der Waals surface area (Å²) in [7, 11) is -4.04. The average Bonchev–Trinajstić information content (AvgIpc) is 2.96. The fourth-order valence-electron chi connectivity index (χ4n) is 4.60. The summed E-state index contributed by atoms with van der Waals surface area (Å²) in [5.74, 6) is -0.386. The highest BCUT2D eigenvalue weighted by Crippen LogP contribution is 2.36. The quantitative estimate of drug-likeness (QED) is 0.226. The number of benzene rings is 4. The van der Waals surface area contributed by atoms with Crippen molar-refractivity contribution in [3.63, 3.8) is 0 Å². The molecule has 0 saturated carbocycles. The highest BCUT2D eigenvalue weighted by Gasteiger charge is 2.27. The molecule has 5 aromatic rings. The van der Waals surface area contributed by atoms with E-state index >= 15 is 0 Å². The van der Waals surface area contributed by atoms with Crippen LogP contribution in [0.4, 0.5) is 5.69 Å². The molecule has 0 unspecified atom stereocenters. The van der Waals surface area contributed by atoms with Crippen LogP contribution in [0.2, 0.25) is 0 Å². The van der Waals surface area contributed by atoms with Crippen molar-refractivity contribution in [1.29, 1.82) is 0 Å². The zero-order valence-corrected chi connectivity index (χ0v) is 22.6. The number of fused-ring (bicyclic) bond motifs is 1. The van der Waals surface area contributed by atoms with E-state index in [9.17, 15) is 13.2 Å². The Balaban J connectivity index is 1.71. The molecule has 1 heterocycles. The first-order valence-electron chi connectivity index (χ1n) is 12.8. The third-order valence-electron chi connectivity index (χ3n) is 6.65. The van der Waals surface area contributed by atoms with Crippen molar-refractivity contribution in [2.45, 2.75) is 31.2 Å². The number of sulfonamides is 1. The summed E-state index contributed by atoms with van der Waals surface area (Å²) in [6.45, 7) is 3.89. The predicted octanol–water partition coefficient (Wildman–Crippen LogP) is 6.89. The first kappa shape index (κ1) is 26.1. The highest BCUT2D eigenvalue weighted by molar-refractivity contribution is 7.92.